The number of hydrogen-bond donors (Lipinski definition) is 5. The number of rotatable bonds is 18. The smallest absolute Gasteiger partial charge is 0.307 e. The van der Waals surface area contributed by atoms with Crippen molar-refractivity contribution in [3.63, 3.8) is 0 Å². The summed E-state index contributed by atoms with van der Waals surface area (Å²) in [6, 6.07) is 12.9. The Balaban J connectivity index is 0.000000595. The van der Waals surface area contributed by atoms with Crippen molar-refractivity contribution in [1.29, 1.82) is 0 Å². The number of carbonyl (C=O) groups is 5. The zero-order valence-corrected chi connectivity index (χ0v) is 31.5. The van der Waals surface area contributed by atoms with Crippen molar-refractivity contribution in [2.75, 3.05) is 39.2 Å². The van der Waals surface area contributed by atoms with E-state index in [1.807, 2.05) is 12.1 Å². The van der Waals surface area contributed by atoms with Crippen molar-refractivity contribution in [1.82, 2.24) is 20.9 Å². The van der Waals surface area contributed by atoms with Gasteiger partial charge in [-0.05, 0) is 43.5 Å². The third-order valence-corrected chi connectivity index (χ3v) is 7.72. The van der Waals surface area contributed by atoms with Crippen LogP contribution in [0.3, 0.4) is 0 Å². The third-order valence-electron chi connectivity index (χ3n) is 7.72. The molecule has 0 spiro atoms. The van der Waals surface area contributed by atoms with Gasteiger partial charge in [0.15, 0.2) is 0 Å². The summed E-state index contributed by atoms with van der Waals surface area (Å²) in [7, 11) is 2.43. The summed E-state index contributed by atoms with van der Waals surface area (Å²) in [6.07, 6.45) is 2.07. The Hall–Kier alpha value is -6.21. The second kappa shape index (κ2) is 24.2. The van der Waals surface area contributed by atoms with Gasteiger partial charge in [-0.25, -0.2) is 4.98 Å². The molecule has 0 aliphatic rings. The SMILES string of the molecule is COC(=O)CC(NC(=O)CN)c1ccc(C)c([N+](=O)[O-])c1.COC(=O)CC(NC(=O)CNC(=O)CCCNc1ccccn1)c1ccc(C)c([N+](=O)[O-])c1.Cl. The summed E-state index contributed by atoms with van der Waals surface area (Å²) in [4.78, 5) is 84.3. The van der Waals surface area contributed by atoms with Gasteiger partial charge in [0.1, 0.15) is 5.82 Å². The molecule has 1 aromatic heterocycles. The highest BCUT2D eigenvalue weighted by Crippen LogP contribution is 2.26. The maximum Gasteiger partial charge on any atom is 0.307 e. The van der Waals surface area contributed by atoms with Crippen molar-refractivity contribution < 1.29 is 43.3 Å². The Labute approximate surface area is 322 Å². The van der Waals surface area contributed by atoms with Gasteiger partial charge < -0.3 is 36.5 Å². The number of amides is 3. The molecule has 0 radical (unpaired) electrons. The lowest BCUT2D eigenvalue weighted by Crippen LogP contribution is -2.39. The number of benzene rings is 2. The number of anilines is 1. The molecule has 0 aliphatic carbocycles. The number of carbonyl (C=O) groups excluding carboxylic acids is 5. The Morgan fingerprint density at radius 2 is 1.29 bits per heavy atom. The highest BCUT2D eigenvalue weighted by atomic mass is 35.5. The first kappa shape index (κ1) is 46.8. The molecular weight excluding hydrogens is 744 g/mol. The number of aryl methyl sites for hydroxylation is 2. The quantitative estimate of drug-likeness (QED) is 0.0537. The standard InChI is InChI=1S/C22H27N5O6.C13H17N3O5.ClH/c1-15-8-9-16(12-18(15)27(31)32)17(13-22(30)33-2)26-21(29)14-25-20(28)7-5-11-24-19-6-3-4-10-23-19;1-8-3-4-9(5-11(8)16(19)20)10(6-13(18)21-2)15-12(17)7-14;/h3-4,6,8-10,12,17H,5,7,11,13-14H2,1-2H3,(H,23,24)(H,25,28)(H,26,29);3-5,10H,6-7,14H2,1-2H3,(H,15,17);1H. The minimum absolute atomic E-state index is 0. The van der Waals surface area contributed by atoms with Gasteiger partial charge in [-0.15, -0.1) is 12.4 Å². The summed E-state index contributed by atoms with van der Waals surface area (Å²) in [5.74, 6) is -1.72. The van der Waals surface area contributed by atoms with E-state index < -0.39 is 45.7 Å². The van der Waals surface area contributed by atoms with Crippen LogP contribution in [0.2, 0.25) is 0 Å². The van der Waals surface area contributed by atoms with Crippen LogP contribution < -0.4 is 27.0 Å². The highest BCUT2D eigenvalue weighted by Gasteiger charge is 2.23. The first-order chi connectivity index (χ1) is 25.7. The van der Waals surface area contributed by atoms with Gasteiger partial charge in [-0.2, -0.15) is 0 Å². The molecule has 19 nitrogen and oxygen atoms in total. The van der Waals surface area contributed by atoms with Crippen molar-refractivity contribution in [3.05, 3.63) is 103 Å². The number of halogens is 1. The Bertz CT molecular complexity index is 1780. The van der Waals surface area contributed by atoms with Crippen molar-refractivity contribution in [3.8, 4) is 0 Å². The van der Waals surface area contributed by atoms with E-state index in [0.29, 0.717) is 41.0 Å². The maximum atomic E-state index is 12.4. The summed E-state index contributed by atoms with van der Waals surface area (Å²) < 4.78 is 9.23. The van der Waals surface area contributed by atoms with Crippen molar-refractivity contribution in [2.45, 2.75) is 51.6 Å². The molecule has 298 valence electrons. The zero-order valence-electron chi connectivity index (χ0n) is 30.7. The van der Waals surface area contributed by atoms with E-state index in [4.69, 9.17) is 5.73 Å². The van der Waals surface area contributed by atoms with E-state index in [0.717, 1.165) is 0 Å². The molecule has 2 aromatic carbocycles. The normalized spacial score (nSPS) is 11.1. The number of nitrogens with two attached hydrogens (primary N) is 1. The van der Waals surface area contributed by atoms with Gasteiger partial charge in [0.05, 0.1) is 62.1 Å². The largest absolute Gasteiger partial charge is 0.469 e. The summed E-state index contributed by atoms with van der Waals surface area (Å²) in [5, 5.41) is 33.0. The molecule has 0 saturated heterocycles. The molecule has 0 bridgehead atoms. The number of nitrogens with zero attached hydrogens (tertiary/aromatic N) is 3. The van der Waals surface area contributed by atoms with E-state index in [1.165, 1.54) is 26.4 Å². The van der Waals surface area contributed by atoms with E-state index in [9.17, 15) is 44.2 Å². The first-order valence-corrected chi connectivity index (χ1v) is 16.5. The topological polar surface area (TPSA) is 277 Å². The molecule has 0 fully saturated rings. The van der Waals surface area contributed by atoms with Crippen LogP contribution in [0, 0.1) is 34.1 Å². The molecule has 1 heterocycles. The van der Waals surface area contributed by atoms with Gasteiger partial charge >= 0.3 is 11.9 Å². The number of nitro benzene ring substituents is 2. The number of methoxy groups -OCH3 is 2. The van der Waals surface area contributed by atoms with Gasteiger partial charge in [0.2, 0.25) is 17.7 Å². The number of esters is 2. The van der Waals surface area contributed by atoms with E-state index in [1.54, 1.807) is 50.4 Å². The van der Waals surface area contributed by atoms with Gasteiger partial charge in [-0.3, -0.25) is 44.2 Å². The lowest BCUT2D eigenvalue weighted by molar-refractivity contribution is -0.385. The van der Waals surface area contributed by atoms with E-state index >= 15 is 0 Å². The van der Waals surface area contributed by atoms with Crippen LogP contribution in [-0.2, 0) is 33.4 Å². The molecule has 2 unspecified atom stereocenters. The predicted octanol–water partition coefficient (Wildman–Crippen LogP) is 3.03. The number of nitrogens with one attached hydrogen (secondary N) is 4. The van der Waals surface area contributed by atoms with Crippen LogP contribution in [0.15, 0.2) is 60.8 Å². The van der Waals surface area contributed by atoms with Crippen molar-refractivity contribution >= 4 is 59.3 Å². The van der Waals surface area contributed by atoms with E-state index in [2.05, 4.69) is 35.7 Å². The second-order valence-electron chi connectivity index (χ2n) is 11.6. The monoisotopic (exact) mass is 788 g/mol. The molecule has 3 rings (SSSR count). The maximum absolute atomic E-state index is 12.4. The average Bonchev–Trinajstić information content (AvgIpc) is 3.15. The molecule has 2 atom stereocenters. The van der Waals surface area contributed by atoms with E-state index in [-0.39, 0.29) is 62.0 Å². The average molecular weight is 789 g/mol. The minimum Gasteiger partial charge on any atom is -0.469 e. The Morgan fingerprint density at radius 3 is 1.73 bits per heavy atom. The summed E-state index contributed by atoms with van der Waals surface area (Å²) in [6.45, 7) is 3.21. The fraction of sp³-hybridized carbons (Fsp3) is 0.371. The molecule has 3 aromatic rings. The van der Waals surface area contributed by atoms with Gasteiger partial charge in [-0.1, -0.05) is 30.3 Å². The number of aromatic nitrogens is 1. The van der Waals surface area contributed by atoms with Crippen LogP contribution >= 0.6 is 12.4 Å². The van der Waals surface area contributed by atoms with Gasteiger partial charge in [0, 0.05) is 42.4 Å². The van der Waals surface area contributed by atoms with Gasteiger partial charge in [0.25, 0.3) is 11.4 Å². The van der Waals surface area contributed by atoms with Crippen molar-refractivity contribution in [2.24, 2.45) is 5.73 Å². The lowest BCUT2D eigenvalue weighted by atomic mass is 10.0. The Morgan fingerprint density at radius 1 is 0.782 bits per heavy atom. The zero-order chi connectivity index (χ0) is 40.2. The Kier molecular flexibility index (Phi) is 20.6. The molecule has 3 amide bonds. The fourth-order valence-electron chi connectivity index (χ4n) is 4.78. The molecule has 20 heteroatoms. The number of ether oxygens (including phenoxy) is 2. The number of nitro groups is 2. The minimum atomic E-state index is -0.844. The number of pyridine rings is 1. The molecule has 0 saturated carbocycles. The van der Waals surface area contributed by atoms with Crippen LogP contribution in [0.4, 0.5) is 17.2 Å². The molecule has 55 heavy (non-hydrogen) atoms. The first-order valence-electron chi connectivity index (χ1n) is 16.5. The van der Waals surface area contributed by atoms with Crippen LogP contribution in [0.5, 0.6) is 0 Å². The van der Waals surface area contributed by atoms with Crippen LogP contribution in [-0.4, -0.2) is 78.3 Å². The molecular formula is C35H45ClN8O11. The summed E-state index contributed by atoms with van der Waals surface area (Å²) >= 11 is 0. The highest BCUT2D eigenvalue weighted by molar-refractivity contribution is 5.86. The van der Waals surface area contributed by atoms with Crippen LogP contribution in [0.1, 0.15) is 60.0 Å². The summed E-state index contributed by atoms with van der Waals surface area (Å²) in [5.41, 5.74) is 6.80. The predicted molar refractivity (Wildman–Crippen MR) is 202 cm³/mol. The molecule has 6 N–H and O–H groups in total. The fourth-order valence-corrected chi connectivity index (χ4v) is 4.78. The van der Waals surface area contributed by atoms with Crippen LogP contribution in [0.25, 0.3) is 0 Å². The number of hydrogen-bond acceptors (Lipinski definition) is 14. The third kappa shape index (κ3) is 16.6. The molecule has 0 aliphatic heterocycles. The second-order valence-corrected chi connectivity index (χ2v) is 11.6. The lowest BCUT2D eigenvalue weighted by Gasteiger charge is -2.19.